The molecule has 0 unspecified atom stereocenters. The molecule has 136 valence electrons. The summed E-state index contributed by atoms with van der Waals surface area (Å²) in [6, 6.07) is 3.81. The minimum Gasteiger partial charge on any atom is -0.444 e. The van der Waals surface area contributed by atoms with Gasteiger partial charge in [0, 0.05) is 12.1 Å². The molecular formula is C17H20ClFN2O4. The van der Waals surface area contributed by atoms with Crippen LogP contribution in [0.4, 0.5) is 9.18 Å². The van der Waals surface area contributed by atoms with Crippen LogP contribution in [0.2, 0.25) is 5.02 Å². The van der Waals surface area contributed by atoms with Crippen LogP contribution in [-0.4, -0.2) is 47.3 Å². The average Bonchev–Trinajstić information content (AvgIpc) is 3.17. The molecule has 2 saturated heterocycles. The van der Waals surface area contributed by atoms with Gasteiger partial charge in [-0.15, -0.1) is 0 Å². The van der Waals surface area contributed by atoms with Crippen LogP contribution in [0.3, 0.4) is 0 Å². The number of fused-ring (bicyclic) bond motifs is 1. The Balaban J connectivity index is 1.66. The van der Waals surface area contributed by atoms with Crippen LogP contribution in [-0.2, 0) is 20.8 Å². The zero-order chi connectivity index (χ0) is 18.4. The number of carbonyl (C=O) groups is 2. The smallest absolute Gasteiger partial charge is 0.411 e. The Morgan fingerprint density at radius 2 is 2.16 bits per heavy atom. The first-order valence-corrected chi connectivity index (χ1v) is 8.41. The molecular weight excluding hydrogens is 351 g/mol. The SMILES string of the molecule is CC(C)(C)OC(=O)N1C[C@@H]2O[C@@H]2[C@H]1C(=O)NCc1cccc(Cl)c1F. The van der Waals surface area contributed by atoms with Crippen LogP contribution in [0.5, 0.6) is 0 Å². The normalized spacial score (nSPS) is 24.7. The van der Waals surface area contributed by atoms with E-state index in [4.69, 9.17) is 21.1 Å². The summed E-state index contributed by atoms with van der Waals surface area (Å²) in [4.78, 5) is 26.2. The molecule has 3 atom stereocenters. The summed E-state index contributed by atoms with van der Waals surface area (Å²) in [7, 11) is 0. The van der Waals surface area contributed by atoms with Gasteiger partial charge in [0.1, 0.15) is 29.7 Å². The van der Waals surface area contributed by atoms with Crippen LogP contribution in [0, 0.1) is 5.82 Å². The van der Waals surface area contributed by atoms with Crippen molar-refractivity contribution in [3.05, 3.63) is 34.6 Å². The van der Waals surface area contributed by atoms with E-state index in [9.17, 15) is 14.0 Å². The predicted molar refractivity (Wildman–Crippen MR) is 88.6 cm³/mol. The van der Waals surface area contributed by atoms with Gasteiger partial charge >= 0.3 is 6.09 Å². The van der Waals surface area contributed by atoms with E-state index in [0.29, 0.717) is 6.54 Å². The maximum Gasteiger partial charge on any atom is 0.411 e. The maximum absolute atomic E-state index is 13.9. The molecule has 0 aliphatic carbocycles. The second-order valence-corrected chi connectivity index (χ2v) is 7.55. The van der Waals surface area contributed by atoms with Gasteiger partial charge in [-0.25, -0.2) is 9.18 Å². The van der Waals surface area contributed by atoms with E-state index >= 15 is 0 Å². The fraction of sp³-hybridized carbons (Fsp3) is 0.529. The lowest BCUT2D eigenvalue weighted by Gasteiger charge is -2.29. The molecule has 0 spiro atoms. The van der Waals surface area contributed by atoms with Gasteiger partial charge in [0.2, 0.25) is 5.91 Å². The fourth-order valence-electron chi connectivity index (χ4n) is 2.84. The first-order chi connectivity index (χ1) is 11.7. The number of nitrogens with zero attached hydrogens (tertiary/aromatic N) is 1. The van der Waals surface area contributed by atoms with Crippen LogP contribution in [0.25, 0.3) is 0 Å². The van der Waals surface area contributed by atoms with Crippen molar-refractivity contribution in [2.45, 2.75) is 51.2 Å². The minimum absolute atomic E-state index is 0.00594. The highest BCUT2D eigenvalue weighted by Crippen LogP contribution is 2.37. The Morgan fingerprint density at radius 3 is 2.84 bits per heavy atom. The molecule has 2 amide bonds. The molecule has 1 aromatic rings. The lowest BCUT2D eigenvalue weighted by atomic mass is 10.1. The van der Waals surface area contributed by atoms with Crippen LogP contribution < -0.4 is 5.32 Å². The van der Waals surface area contributed by atoms with Crippen molar-refractivity contribution in [3.63, 3.8) is 0 Å². The van der Waals surface area contributed by atoms with Gasteiger partial charge < -0.3 is 14.8 Å². The number of benzene rings is 1. The van der Waals surface area contributed by atoms with Gasteiger partial charge in [0.05, 0.1) is 11.6 Å². The number of carbonyl (C=O) groups excluding carboxylic acids is 2. The van der Waals surface area contributed by atoms with Crippen molar-refractivity contribution in [1.82, 2.24) is 10.2 Å². The summed E-state index contributed by atoms with van der Waals surface area (Å²) in [5, 5.41) is 2.64. The number of hydrogen-bond acceptors (Lipinski definition) is 4. The molecule has 0 aromatic heterocycles. The average molecular weight is 371 g/mol. The third-order valence-electron chi connectivity index (χ3n) is 4.03. The van der Waals surface area contributed by atoms with E-state index in [-0.39, 0.29) is 29.3 Å². The Kier molecular flexibility index (Phi) is 4.64. The number of epoxide rings is 1. The molecule has 2 aliphatic heterocycles. The highest BCUT2D eigenvalue weighted by Gasteiger charge is 2.59. The van der Waals surface area contributed by atoms with E-state index in [2.05, 4.69) is 5.32 Å². The number of ether oxygens (including phenoxy) is 2. The zero-order valence-corrected chi connectivity index (χ0v) is 15.0. The van der Waals surface area contributed by atoms with Crippen LogP contribution >= 0.6 is 11.6 Å². The largest absolute Gasteiger partial charge is 0.444 e. The van der Waals surface area contributed by atoms with Crippen molar-refractivity contribution < 1.29 is 23.5 Å². The van der Waals surface area contributed by atoms with E-state index in [1.54, 1.807) is 26.8 Å². The van der Waals surface area contributed by atoms with Crippen LogP contribution in [0.1, 0.15) is 26.3 Å². The molecule has 6 nitrogen and oxygen atoms in total. The predicted octanol–water partition coefficient (Wildman–Crippen LogP) is 2.48. The second-order valence-electron chi connectivity index (χ2n) is 7.15. The van der Waals surface area contributed by atoms with Gasteiger partial charge in [-0.05, 0) is 26.8 Å². The molecule has 1 N–H and O–H groups in total. The maximum atomic E-state index is 13.9. The van der Waals surface area contributed by atoms with E-state index in [1.165, 1.54) is 17.0 Å². The number of likely N-dealkylation sites (tertiary alicyclic amines) is 1. The number of nitrogens with one attached hydrogen (secondary N) is 1. The molecule has 2 fully saturated rings. The Labute approximate surface area is 150 Å². The first kappa shape index (κ1) is 17.9. The fourth-order valence-corrected chi connectivity index (χ4v) is 3.03. The summed E-state index contributed by atoms with van der Waals surface area (Å²) in [5.41, 5.74) is -0.383. The zero-order valence-electron chi connectivity index (χ0n) is 14.2. The topological polar surface area (TPSA) is 71.2 Å². The number of amides is 2. The molecule has 0 saturated carbocycles. The molecule has 0 bridgehead atoms. The monoisotopic (exact) mass is 370 g/mol. The Hall–Kier alpha value is -1.86. The summed E-state index contributed by atoms with van der Waals surface area (Å²) in [6.45, 7) is 5.56. The highest BCUT2D eigenvalue weighted by molar-refractivity contribution is 6.30. The Bertz CT molecular complexity index is 706. The summed E-state index contributed by atoms with van der Waals surface area (Å²) >= 11 is 5.74. The molecule has 8 heteroatoms. The molecule has 2 heterocycles. The van der Waals surface area contributed by atoms with Gasteiger partial charge in [-0.1, -0.05) is 23.7 Å². The van der Waals surface area contributed by atoms with Crippen molar-refractivity contribution in [1.29, 1.82) is 0 Å². The molecule has 3 rings (SSSR count). The van der Waals surface area contributed by atoms with Gasteiger partial charge in [-0.3, -0.25) is 9.69 Å². The standard InChI is InChI=1S/C17H20ClFN2O4/c1-17(2,3)25-16(23)21-8-11-14(24-11)13(21)15(22)20-7-9-5-4-6-10(18)12(9)19/h4-6,11,13-14H,7-8H2,1-3H3,(H,20,22)/t11-,13-,14-/m0/s1. The highest BCUT2D eigenvalue weighted by atomic mass is 35.5. The Morgan fingerprint density at radius 1 is 1.44 bits per heavy atom. The third kappa shape index (κ3) is 3.88. The minimum atomic E-state index is -0.776. The van der Waals surface area contributed by atoms with Crippen molar-refractivity contribution in [2.24, 2.45) is 0 Å². The number of rotatable bonds is 3. The molecule has 2 aliphatic rings. The molecule has 1 aromatic carbocycles. The van der Waals surface area contributed by atoms with Gasteiger partial charge in [-0.2, -0.15) is 0 Å². The van der Waals surface area contributed by atoms with E-state index in [1.807, 2.05) is 0 Å². The van der Waals surface area contributed by atoms with Gasteiger partial charge in [0.25, 0.3) is 0 Å². The molecule has 25 heavy (non-hydrogen) atoms. The third-order valence-corrected chi connectivity index (χ3v) is 4.32. The summed E-state index contributed by atoms with van der Waals surface area (Å²) < 4.78 is 24.6. The van der Waals surface area contributed by atoms with Crippen molar-refractivity contribution in [3.8, 4) is 0 Å². The lowest BCUT2D eigenvalue weighted by Crippen LogP contribution is -2.50. The first-order valence-electron chi connectivity index (χ1n) is 8.03. The van der Waals surface area contributed by atoms with E-state index < -0.39 is 29.5 Å². The van der Waals surface area contributed by atoms with E-state index in [0.717, 1.165) is 0 Å². The number of halogens is 2. The lowest BCUT2D eigenvalue weighted by molar-refractivity contribution is -0.127. The summed E-state index contributed by atoms with van der Waals surface area (Å²) in [6.07, 6.45) is -1.04. The van der Waals surface area contributed by atoms with Crippen molar-refractivity contribution in [2.75, 3.05) is 6.54 Å². The van der Waals surface area contributed by atoms with Crippen molar-refractivity contribution >= 4 is 23.6 Å². The molecule has 0 radical (unpaired) electrons. The van der Waals surface area contributed by atoms with Crippen LogP contribution in [0.15, 0.2) is 18.2 Å². The van der Waals surface area contributed by atoms with Gasteiger partial charge in [0.15, 0.2) is 0 Å². The second kappa shape index (κ2) is 6.46. The number of hydrogen-bond donors (Lipinski definition) is 1. The quantitative estimate of drug-likeness (QED) is 0.830. The number of morpholine rings is 1. The summed E-state index contributed by atoms with van der Waals surface area (Å²) in [5.74, 6) is -0.976.